The Balaban J connectivity index is 1.46. The van der Waals surface area contributed by atoms with Crippen molar-refractivity contribution >= 4 is 28.7 Å². The summed E-state index contributed by atoms with van der Waals surface area (Å²) in [6.07, 6.45) is 2.09. The van der Waals surface area contributed by atoms with E-state index in [4.69, 9.17) is 0 Å². The minimum absolute atomic E-state index is 0.110. The first-order valence-corrected chi connectivity index (χ1v) is 11.2. The highest BCUT2D eigenvalue weighted by atomic mass is 16.6. The normalized spacial score (nSPS) is 10.8. The molecule has 0 spiro atoms. The standard InChI is InChI=1S/C25H24N6O5/c1-28(2)20-12-11-17(16-21(20)31(35)36)23(32)18-8-3-4-9-19(18)24(33)26-13-7-15-30-25(34)29-14-6-5-10-22(29)27-30/h3-6,8-12,14,16H,7,13,15H2,1-2H3,(H,26,33). The maximum absolute atomic E-state index is 13.2. The molecule has 4 aromatic rings. The Hall–Kier alpha value is -4.80. The lowest BCUT2D eigenvalue weighted by molar-refractivity contribution is -0.384. The van der Waals surface area contributed by atoms with Crippen LogP contribution in [0.5, 0.6) is 0 Å². The minimum Gasteiger partial charge on any atom is -0.372 e. The van der Waals surface area contributed by atoms with Gasteiger partial charge in [-0.2, -0.15) is 0 Å². The van der Waals surface area contributed by atoms with Crippen LogP contribution in [-0.4, -0.2) is 51.4 Å². The molecule has 4 rings (SSSR count). The lowest BCUT2D eigenvalue weighted by atomic mass is 9.97. The fourth-order valence-corrected chi connectivity index (χ4v) is 3.86. The van der Waals surface area contributed by atoms with E-state index in [0.717, 1.165) is 0 Å². The molecule has 11 heteroatoms. The van der Waals surface area contributed by atoms with Gasteiger partial charge in [-0.15, -0.1) is 5.10 Å². The minimum atomic E-state index is -0.543. The molecule has 11 nitrogen and oxygen atoms in total. The summed E-state index contributed by atoms with van der Waals surface area (Å²) < 4.78 is 2.78. The Morgan fingerprint density at radius 3 is 2.47 bits per heavy atom. The van der Waals surface area contributed by atoms with Gasteiger partial charge in [0.1, 0.15) is 5.69 Å². The molecule has 0 aliphatic heterocycles. The number of anilines is 1. The Morgan fingerprint density at radius 1 is 1.06 bits per heavy atom. The molecule has 0 saturated carbocycles. The van der Waals surface area contributed by atoms with Crippen LogP contribution in [0.1, 0.15) is 32.7 Å². The van der Waals surface area contributed by atoms with E-state index in [9.17, 15) is 24.5 Å². The molecule has 184 valence electrons. The fourth-order valence-electron chi connectivity index (χ4n) is 3.86. The van der Waals surface area contributed by atoms with Crippen molar-refractivity contribution in [1.82, 2.24) is 19.5 Å². The zero-order chi connectivity index (χ0) is 25.8. The summed E-state index contributed by atoms with van der Waals surface area (Å²) in [6, 6.07) is 15.8. The Bertz CT molecular complexity index is 1520. The van der Waals surface area contributed by atoms with Crippen LogP contribution in [0.2, 0.25) is 0 Å². The van der Waals surface area contributed by atoms with Crippen LogP contribution in [0, 0.1) is 10.1 Å². The number of fused-ring (bicyclic) bond motifs is 1. The highest BCUT2D eigenvalue weighted by Gasteiger charge is 2.22. The largest absolute Gasteiger partial charge is 0.372 e. The number of nitrogens with one attached hydrogen (secondary N) is 1. The van der Waals surface area contributed by atoms with Crippen LogP contribution in [0.3, 0.4) is 0 Å². The maximum Gasteiger partial charge on any atom is 0.350 e. The second kappa shape index (κ2) is 10.2. The van der Waals surface area contributed by atoms with E-state index in [1.807, 2.05) is 0 Å². The van der Waals surface area contributed by atoms with Gasteiger partial charge in [0.2, 0.25) is 0 Å². The van der Waals surface area contributed by atoms with E-state index >= 15 is 0 Å². The predicted molar refractivity (Wildman–Crippen MR) is 134 cm³/mol. The molecule has 1 amide bonds. The molecule has 0 aliphatic carbocycles. The molecule has 0 bridgehead atoms. The van der Waals surface area contributed by atoms with Crippen molar-refractivity contribution < 1.29 is 14.5 Å². The second-order valence-electron chi connectivity index (χ2n) is 8.27. The second-order valence-corrected chi connectivity index (χ2v) is 8.27. The Morgan fingerprint density at radius 2 is 1.78 bits per heavy atom. The summed E-state index contributed by atoms with van der Waals surface area (Å²) in [6.45, 7) is 0.563. The highest BCUT2D eigenvalue weighted by Crippen LogP contribution is 2.29. The number of hydrogen-bond donors (Lipinski definition) is 1. The molecule has 0 saturated heterocycles. The molecule has 0 fully saturated rings. The van der Waals surface area contributed by atoms with E-state index in [2.05, 4.69) is 10.4 Å². The van der Waals surface area contributed by atoms with E-state index in [1.165, 1.54) is 39.4 Å². The maximum atomic E-state index is 13.2. The van der Waals surface area contributed by atoms with Crippen molar-refractivity contribution in [2.75, 3.05) is 25.5 Å². The van der Waals surface area contributed by atoms with Gasteiger partial charge in [0.05, 0.1) is 10.5 Å². The molecule has 1 N–H and O–H groups in total. The van der Waals surface area contributed by atoms with Crippen molar-refractivity contribution in [2.24, 2.45) is 0 Å². The predicted octanol–water partition coefficient (Wildman–Crippen LogP) is 2.52. The van der Waals surface area contributed by atoms with Crippen molar-refractivity contribution in [3.05, 3.63) is 104 Å². The smallest absolute Gasteiger partial charge is 0.350 e. The average Bonchev–Trinajstić information content (AvgIpc) is 3.20. The first-order valence-electron chi connectivity index (χ1n) is 11.2. The Labute approximate surface area is 205 Å². The summed E-state index contributed by atoms with van der Waals surface area (Å²) in [5.41, 5.74) is 0.853. The van der Waals surface area contributed by atoms with Gasteiger partial charge in [-0.3, -0.25) is 24.1 Å². The van der Waals surface area contributed by atoms with Crippen molar-refractivity contribution in [2.45, 2.75) is 13.0 Å². The van der Waals surface area contributed by atoms with Crippen LogP contribution in [0.15, 0.2) is 71.7 Å². The number of nitro groups is 1. The summed E-state index contributed by atoms with van der Waals surface area (Å²) >= 11 is 0. The number of benzene rings is 2. The fraction of sp³-hybridized carbons (Fsp3) is 0.200. The molecule has 2 aromatic carbocycles. The summed E-state index contributed by atoms with van der Waals surface area (Å²) in [7, 11) is 3.35. The van der Waals surface area contributed by atoms with E-state index < -0.39 is 16.6 Å². The molecular weight excluding hydrogens is 464 g/mol. The monoisotopic (exact) mass is 488 g/mol. The first kappa shape index (κ1) is 24.3. The van der Waals surface area contributed by atoms with E-state index in [-0.39, 0.29) is 34.6 Å². The summed E-state index contributed by atoms with van der Waals surface area (Å²) in [5.74, 6) is -0.953. The highest BCUT2D eigenvalue weighted by molar-refractivity contribution is 6.15. The zero-order valence-corrected chi connectivity index (χ0v) is 19.7. The number of carbonyl (C=O) groups excluding carboxylic acids is 2. The van der Waals surface area contributed by atoms with Crippen LogP contribution < -0.4 is 15.9 Å². The third-order valence-corrected chi connectivity index (χ3v) is 5.65. The number of rotatable bonds is 9. The van der Waals surface area contributed by atoms with Gasteiger partial charge in [0, 0.05) is 50.6 Å². The summed E-state index contributed by atoms with van der Waals surface area (Å²) in [5, 5.41) is 18.5. The molecule has 0 aliphatic rings. The average molecular weight is 489 g/mol. The lowest BCUT2D eigenvalue weighted by Crippen LogP contribution is -2.28. The van der Waals surface area contributed by atoms with Gasteiger partial charge in [-0.1, -0.05) is 24.3 Å². The number of hydrogen-bond acceptors (Lipinski definition) is 7. The van der Waals surface area contributed by atoms with Gasteiger partial charge in [-0.25, -0.2) is 9.48 Å². The van der Waals surface area contributed by atoms with Crippen LogP contribution in [0.25, 0.3) is 5.65 Å². The molecule has 2 heterocycles. The van der Waals surface area contributed by atoms with Crippen LogP contribution >= 0.6 is 0 Å². The summed E-state index contributed by atoms with van der Waals surface area (Å²) in [4.78, 5) is 51.0. The number of nitro benzene ring substituents is 1. The number of ketones is 1. The first-order chi connectivity index (χ1) is 17.3. The van der Waals surface area contributed by atoms with Crippen LogP contribution in [-0.2, 0) is 6.54 Å². The van der Waals surface area contributed by atoms with Crippen LogP contribution in [0.4, 0.5) is 11.4 Å². The van der Waals surface area contributed by atoms with E-state index in [0.29, 0.717) is 24.3 Å². The quantitative estimate of drug-likeness (QED) is 0.166. The van der Waals surface area contributed by atoms with Crippen molar-refractivity contribution in [1.29, 1.82) is 0 Å². The number of aryl methyl sites for hydroxylation is 1. The third kappa shape index (κ3) is 4.85. The topological polar surface area (TPSA) is 132 Å². The number of carbonyl (C=O) groups is 2. The Kier molecular flexibility index (Phi) is 6.91. The zero-order valence-electron chi connectivity index (χ0n) is 19.7. The number of nitrogens with zero attached hydrogens (tertiary/aromatic N) is 5. The van der Waals surface area contributed by atoms with Crippen molar-refractivity contribution in [3.63, 3.8) is 0 Å². The molecule has 36 heavy (non-hydrogen) atoms. The number of aromatic nitrogens is 3. The molecule has 0 atom stereocenters. The lowest BCUT2D eigenvalue weighted by Gasteiger charge is -2.14. The SMILES string of the molecule is CN(C)c1ccc(C(=O)c2ccccc2C(=O)NCCCn2nc3ccccn3c2=O)cc1[N+](=O)[O-]. The van der Waals surface area contributed by atoms with Gasteiger partial charge in [-0.05, 0) is 36.8 Å². The van der Waals surface area contributed by atoms with Gasteiger partial charge in [0.15, 0.2) is 11.4 Å². The van der Waals surface area contributed by atoms with E-state index in [1.54, 1.807) is 55.5 Å². The van der Waals surface area contributed by atoms with Gasteiger partial charge in [0.25, 0.3) is 11.6 Å². The molecular formula is C25H24N6O5. The third-order valence-electron chi connectivity index (χ3n) is 5.65. The molecule has 0 radical (unpaired) electrons. The van der Waals surface area contributed by atoms with Gasteiger partial charge < -0.3 is 10.2 Å². The number of amides is 1. The van der Waals surface area contributed by atoms with Gasteiger partial charge >= 0.3 is 5.69 Å². The van der Waals surface area contributed by atoms with Crippen molar-refractivity contribution in [3.8, 4) is 0 Å². The number of pyridine rings is 1. The molecule has 0 unspecified atom stereocenters. The molecule has 2 aromatic heterocycles.